The van der Waals surface area contributed by atoms with Gasteiger partial charge in [-0.2, -0.15) is 8.42 Å². The Bertz CT molecular complexity index is 178. The van der Waals surface area contributed by atoms with Crippen LogP contribution < -0.4 is 0 Å². The Labute approximate surface area is 55.5 Å². The molecule has 0 aliphatic heterocycles. The van der Waals surface area contributed by atoms with Crippen LogP contribution in [0.15, 0.2) is 12.2 Å². The summed E-state index contributed by atoms with van der Waals surface area (Å²) in [5, 5.41) is 0. The van der Waals surface area contributed by atoms with Crippen LogP contribution in [0, 0.1) is 0 Å². The van der Waals surface area contributed by atoms with Crippen LogP contribution in [0.1, 0.15) is 6.92 Å². The lowest BCUT2D eigenvalue weighted by atomic mass is 10.6. The van der Waals surface area contributed by atoms with Crippen LogP contribution in [0.3, 0.4) is 0 Å². The smallest absolute Gasteiger partial charge is 0.264 e. The van der Waals surface area contributed by atoms with Gasteiger partial charge in [0, 0.05) is 0 Å². The molecular weight excluding hydrogens is 140 g/mol. The molecule has 0 aromatic heterocycles. The van der Waals surface area contributed by atoms with Gasteiger partial charge >= 0.3 is 0 Å². The quantitative estimate of drug-likeness (QED) is 0.435. The first-order valence-electron chi connectivity index (χ1n) is 2.52. The molecule has 0 radical (unpaired) electrons. The molecule has 0 amide bonds. The van der Waals surface area contributed by atoms with Gasteiger partial charge in [0.25, 0.3) is 10.1 Å². The van der Waals surface area contributed by atoms with Crippen LogP contribution in [0.2, 0.25) is 0 Å². The fourth-order valence-electron chi connectivity index (χ4n) is 0.259. The molecular formula is C5H10O3S. The van der Waals surface area contributed by atoms with Crippen LogP contribution in [-0.2, 0) is 14.3 Å². The molecule has 0 aliphatic carbocycles. The third-order valence-electron chi connectivity index (χ3n) is 0.614. The van der Waals surface area contributed by atoms with Crippen molar-refractivity contribution < 1.29 is 12.6 Å². The maximum atomic E-state index is 10.2. The highest BCUT2D eigenvalue weighted by Crippen LogP contribution is 1.85. The zero-order valence-corrected chi connectivity index (χ0v) is 6.31. The molecule has 0 N–H and O–H groups in total. The Kier molecular flexibility index (Phi) is 3.49. The lowest BCUT2D eigenvalue weighted by Gasteiger charge is -1.92. The molecule has 0 rings (SSSR count). The van der Waals surface area contributed by atoms with E-state index in [1.54, 1.807) is 19.1 Å². The van der Waals surface area contributed by atoms with E-state index in [1.165, 1.54) is 0 Å². The molecule has 9 heavy (non-hydrogen) atoms. The third kappa shape index (κ3) is 7.65. The Hall–Kier alpha value is -0.350. The van der Waals surface area contributed by atoms with Gasteiger partial charge in [0.1, 0.15) is 0 Å². The molecule has 0 aliphatic rings. The molecule has 0 aromatic rings. The van der Waals surface area contributed by atoms with Gasteiger partial charge in [0.2, 0.25) is 0 Å². The lowest BCUT2D eigenvalue weighted by Crippen LogP contribution is -2.01. The highest BCUT2D eigenvalue weighted by Gasteiger charge is 1.96. The summed E-state index contributed by atoms with van der Waals surface area (Å²) in [5.74, 6) is 0. The average molecular weight is 150 g/mol. The van der Waals surface area contributed by atoms with E-state index in [4.69, 9.17) is 0 Å². The van der Waals surface area contributed by atoms with Crippen molar-refractivity contribution in [1.29, 1.82) is 0 Å². The number of hydrogen-bond donors (Lipinski definition) is 0. The minimum atomic E-state index is -3.25. The summed E-state index contributed by atoms with van der Waals surface area (Å²) in [6, 6.07) is 0. The van der Waals surface area contributed by atoms with Gasteiger partial charge in [0.15, 0.2) is 0 Å². The summed E-state index contributed by atoms with van der Waals surface area (Å²) in [4.78, 5) is 0. The van der Waals surface area contributed by atoms with Crippen molar-refractivity contribution in [2.75, 3.05) is 12.9 Å². The highest BCUT2D eigenvalue weighted by molar-refractivity contribution is 7.85. The predicted molar refractivity (Wildman–Crippen MR) is 35.6 cm³/mol. The maximum absolute atomic E-state index is 10.2. The minimum Gasteiger partial charge on any atom is -0.266 e. The van der Waals surface area contributed by atoms with Crippen molar-refractivity contribution in [2.24, 2.45) is 0 Å². The van der Waals surface area contributed by atoms with Gasteiger partial charge < -0.3 is 0 Å². The largest absolute Gasteiger partial charge is 0.266 e. The van der Waals surface area contributed by atoms with Crippen molar-refractivity contribution >= 4 is 10.1 Å². The van der Waals surface area contributed by atoms with E-state index in [2.05, 4.69) is 4.18 Å². The summed E-state index contributed by atoms with van der Waals surface area (Å²) in [7, 11) is -3.25. The molecule has 0 saturated carbocycles. The summed E-state index contributed by atoms with van der Waals surface area (Å²) in [5.41, 5.74) is 0. The highest BCUT2D eigenvalue weighted by atomic mass is 32.2. The summed E-state index contributed by atoms with van der Waals surface area (Å²) in [6.45, 7) is 1.93. The first-order valence-corrected chi connectivity index (χ1v) is 4.33. The van der Waals surface area contributed by atoms with E-state index in [0.29, 0.717) is 0 Å². The Morgan fingerprint density at radius 2 is 2.11 bits per heavy atom. The molecule has 0 unspecified atom stereocenters. The van der Waals surface area contributed by atoms with Gasteiger partial charge in [0.05, 0.1) is 12.9 Å². The Morgan fingerprint density at radius 1 is 1.56 bits per heavy atom. The fraction of sp³-hybridized carbons (Fsp3) is 0.600. The number of hydrogen-bond acceptors (Lipinski definition) is 3. The fourth-order valence-corrected chi connectivity index (χ4v) is 0.585. The van der Waals surface area contributed by atoms with Gasteiger partial charge in [-0.15, -0.1) is 0 Å². The first kappa shape index (κ1) is 8.65. The molecule has 0 bridgehead atoms. The average Bonchev–Trinajstić information content (AvgIpc) is 1.63. The summed E-state index contributed by atoms with van der Waals surface area (Å²) >= 11 is 0. The van der Waals surface area contributed by atoms with E-state index < -0.39 is 10.1 Å². The first-order chi connectivity index (χ1) is 4.06. The van der Waals surface area contributed by atoms with Crippen LogP contribution >= 0.6 is 0 Å². The van der Waals surface area contributed by atoms with Crippen LogP contribution in [0.5, 0.6) is 0 Å². The third-order valence-corrected chi connectivity index (χ3v) is 1.18. The molecule has 0 saturated heterocycles. The van der Waals surface area contributed by atoms with Gasteiger partial charge in [-0.05, 0) is 6.92 Å². The monoisotopic (exact) mass is 150 g/mol. The standard InChI is InChI=1S/C5H10O3S/c1-3-4-5-8-9(2,6)7/h3-4H,5H2,1-2H3/b4-3-. The van der Waals surface area contributed by atoms with E-state index >= 15 is 0 Å². The summed E-state index contributed by atoms with van der Waals surface area (Å²) < 4.78 is 24.9. The molecule has 3 nitrogen and oxygen atoms in total. The van der Waals surface area contributed by atoms with Crippen molar-refractivity contribution in [3.05, 3.63) is 12.2 Å². The summed E-state index contributed by atoms with van der Waals surface area (Å²) in [6.07, 6.45) is 4.38. The van der Waals surface area contributed by atoms with Crippen molar-refractivity contribution in [3.63, 3.8) is 0 Å². The topological polar surface area (TPSA) is 43.4 Å². The van der Waals surface area contributed by atoms with Crippen molar-refractivity contribution in [2.45, 2.75) is 6.92 Å². The predicted octanol–water partition coefficient (Wildman–Crippen LogP) is 0.539. The second-order valence-electron chi connectivity index (χ2n) is 1.56. The molecule has 0 aromatic carbocycles. The van der Waals surface area contributed by atoms with Crippen LogP contribution in [0.25, 0.3) is 0 Å². The zero-order chi connectivity index (χ0) is 7.33. The SMILES string of the molecule is C/C=C\COS(C)(=O)=O. The van der Waals surface area contributed by atoms with E-state index in [1.807, 2.05) is 0 Å². The Balaban J connectivity index is 3.53. The van der Waals surface area contributed by atoms with Crippen LogP contribution in [0.4, 0.5) is 0 Å². The van der Waals surface area contributed by atoms with E-state index in [9.17, 15) is 8.42 Å². The zero-order valence-electron chi connectivity index (χ0n) is 5.49. The minimum absolute atomic E-state index is 0.134. The molecule has 0 heterocycles. The van der Waals surface area contributed by atoms with Crippen molar-refractivity contribution in [3.8, 4) is 0 Å². The Morgan fingerprint density at radius 3 is 2.44 bits per heavy atom. The molecule has 4 heteroatoms. The normalized spacial score (nSPS) is 12.7. The van der Waals surface area contributed by atoms with E-state index in [0.717, 1.165) is 6.26 Å². The van der Waals surface area contributed by atoms with Gasteiger partial charge in [-0.1, -0.05) is 12.2 Å². The maximum Gasteiger partial charge on any atom is 0.264 e. The molecule has 0 atom stereocenters. The van der Waals surface area contributed by atoms with Crippen LogP contribution in [-0.4, -0.2) is 21.3 Å². The molecule has 0 fully saturated rings. The second-order valence-corrected chi connectivity index (χ2v) is 3.20. The van der Waals surface area contributed by atoms with E-state index in [-0.39, 0.29) is 6.61 Å². The van der Waals surface area contributed by atoms with Gasteiger partial charge in [-0.3, -0.25) is 4.18 Å². The second kappa shape index (κ2) is 3.63. The number of rotatable bonds is 3. The van der Waals surface area contributed by atoms with Gasteiger partial charge in [-0.25, -0.2) is 0 Å². The lowest BCUT2D eigenvalue weighted by molar-refractivity contribution is 0.361. The van der Waals surface area contributed by atoms with Crippen molar-refractivity contribution in [1.82, 2.24) is 0 Å². The molecule has 0 spiro atoms. The number of allylic oxidation sites excluding steroid dienone is 1. The molecule has 54 valence electrons.